The van der Waals surface area contributed by atoms with Gasteiger partial charge < -0.3 is 4.74 Å². The zero-order chi connectivity index (χ0) is 13.1. The largest absolute Gasteiger partial charge is 0.456 e. The molecule has 2 aromatic carbocycles. The van der Waals surface area contributed by atoms with Crippen LogP contribution in [-0.2, 0) is 0 Å². The fourth-order valence-corrected chi connectivity index (χ4v) is 1.80. The van der Waals surface area contributed by atoms with Crippen molar-refractivity contribution >= 4 is 22.2 Å². The number of aryl methyl sites for hydroxylation is 1. The summed E-state index contributed by atoms with van der Waals surface area (Å²) in [6.07, 6.45) is 0.701. The standard InChI is InChI=1S/C14H10BrFO2/c1-9-2-5-12(7-13(9)16)18-14-6-11(15)4-3-10(14)8-17/h2-8H,1H3. The monoisotopic (exact) mass is 308 g/mol. The highest BCUT2D eigenvalue weighted by Gasteiger charge is 2.07. The third-order valence-electron chi connectivity index (χ3n) is 2.47. The van der Waals surface area contributed by atoms with Crippen molar-refractivity contribution in [3.05, 3.63) is 57.8 Å². The summed E-state index contributed by atoms with van der Waals surface area (Å²) < 4.78 is 19.7. The van der Waals surface area contributed by atoms with Gasteiger partial charge in [0.2, 0.25) is 0 Å². The molecule has 0 N–H and O–H groups in total. The Kier molecular flexibility index (Phi) is 3.77. The minimum absolute atomic E-state index is 0.338. The summed E-state index contributed by atoms with van der Waals surface area (Å²) in [6, 6.07) is 9.63. The Morgan fingerprint density at radius 2 is 2.00 bits per heavy atom. The molecule has 0 saturated heterocycles. The first kappa shape index (κ1) is 12.8. The van der Waals surface area contributed by atoms with Crippen molar-refractivity contribution in [1.82, 2.24) is 0 Å². The fourth-order valence-electron chi connectivity index (χ4n) is 1.46. The van der Waals surface area contributed by atoms with Gasteiger partial charge in [-0.2, -0.15) is 0 Å². The van der Waals surface area contributed by atoms with Crippen LogP contribution in [-0.4, -0.2) is 6.29 Å². The summed E-state index contributed by atoms with van der Waals surface area (Å²) in [5, 5.41) is 0. The van der Waals surface area contributed by atoms with Crippen molar-refractivity contribution in [3.8, 4) is 11.5 Å². The molecule has 0 unspecified atom stereocenters. The van der Waals surface area contributed by atoms with Gasteiger partial charge in [0.05, 0.1) is 5.56 Å². The van der Waals surface area contributed by atoms with Gasteiger partial charge in [-0.25, -0.2) is 4.39 Å². The molecule has 0 aromatic heterocycles. The predicted octanol–water partition coefficient (Wildman–Crippen LogP) is 4.50. The van der Waals surface area contributed by atoms with E-state index in [1.54, 1.807) is 37.3 Å². The van der Waals surface area contributed by atoms with Crippen LogP contribution in [0.15, 0.2) is 40.9 Å². The molecule has 0 amide bonds. The molecule has 0 spiro atoms. The number of rotatable bonds is 3. The number of hydrogen-bond acceptors (Lipinski definition) is 2. The van der Waals surface area contributed by atoms with Gasteiger partial charge in [0.1, 0.15) is 17.3 Å². The topological polar surface area (TPSA) is 26.3 Å². The predicted molar refractivity (Wildman–Crippen MR) is 70.7 cm³/mol. The molecule has 0 heterocycles. The molecule has 0 bridgehead atoms. The van der Waals surface area contributed by atoms with Crippen LogP contribution in [0, 0.1) is 12.7 Å². The number of hydrogen-bond donors (Lipinski definition) is 0. The van der Waals surface area contributed by atoms with Crippen molar-refractivity contribution in [2.24, 2.45) is 0 Å². The van der Waals surface area contributed by atoms with E-state index in [0.29, 0.717) is 28.9 Å². The lowest BCUT2D eigenvalue weighted by atomic mass is 10.2. The molecule has 4 heteroatoms. The summed E-state index contributed by atoms with van der Waals surface area (Å²) in [5.74, 6) is 0.414. The van der Waals surface area contributed by atoms with E-state index in [0.717, 1.165) is 4.47 Å². The van der Waals surface area contributed by atoms with Crippen LogP contribution >= 0.6 is 15.9 Å². The Bertz CT molecular complexity index is 596. The van der Waals surface area contributed by atoms with Gasteiger partial charge in [0.15, 0.2) is 6.29 Å². The van der Waals surface area contributed by atoms with Gasteiger partial charge in [-0.15, -0.1) is 0 Å². The van der Waals surface area contributed by atoms with E-state index in [9.17, 15) is 9.18 Å². The first-order chi connectivity index (χ1) is 8.60. The van der Waals surface area contributed by atoms with Crippen molar-refractivity contribution in [2.75, 3.05) is 0 Å². The van der Waals surface area contributed by atoms with Crippen molar-refractivity contribution in [1.29, 1.82) is 0 Å². The second-order valence-electron chi connectivity index (χ2n) is 3.81. The Hall–Kier alpha value is -1.68. The maximum absolute atomic E-state index is 13.4. The Morgan fingerprint density at radius 3 is 2.67 bits per heavy atom. The van der Waals surface area contributed by atoms with Crippen LogP contribution in [0.4, 0.5) is 4.39 Å². The van der Waals surface area contributed by atoms with E-state index in [2.05, 4.69) is 15.9 Å². The highest BCUT2D eigenvalue weighted by molar-refractivity contribution is 9.10. The molecular formula is C14H10BrFO2. The first-order valence-corrected chi connectivity index (χ1v) is 6.08. The van der Waals surface area contributed by atoms with Gasteiger partial charge in [0, 0.05) is 10.5 Å². The average molecular weight is 309 g/mol. The summed E-state index contributed by atoms with van der Waals surface area (Å²) in [4.78, 5) is 10.9. The Labute approximate surface area is 113 Å². The number of ether oxygens (including phenoxy) is 1. The molecule has 18 heavy (non-hydrogen) atoms. The van der Waals surface area contributed by atoms with Crippen molar-refractivity contribution in [2.45, 2.75) is 6.92 Å². The lowest BCUT2D eigenvalue weighted by molar-refractivity contribution is 0.112. The van der Waals surface area contributed by atoms with Crippen LogP contribution in [0.5, 0.6) is 11.5 Å². The molecule has 0 fully saturated rings. The van der Waals surface area contributed by atoms with Gasteiger partial charge in [-0.3, -0.25) is 4.79 Å². The molecule has 92 valence electrons. The second kappa shape index (κ2) is 5.31. The molecule has 0 aliphatic carbocycles. The van der Waals surface area contributed by atoms with Crippen molar-refractivity contribution in [3.63, 3.8) is 0 Å². The molecule has 2 nitrogen and oxygen atoms in total. The summed E-state index contributed by atoms with van der Waals surface area (Å²) >= 11 is 3.29. The van der Waals surface area contributed by atoms with E-state index in [1.165, 1.54) is 6.07 Å². The number of aldehydes is 1. The van der Waals surface area contributed by atoms with E-state index in [1.807, 2.05) is 0 Å². The lowest BCUT2D eigenvalue weighted by Crippen LogP contribution is -1.92. The van der Waals surface area contributed by atoms with Crippen LogP contribution in [0.25, 0.3) is 0 Å². The SMILES string of the molecule is Cc1ccc(Oc2cc(Br)ccc2C=O)cc1F. The van der Waals surface area contributed by atoms with E-state index in [4.69, 9.17) is 4.74 Å². The van der Waals surface area contributed by atoms with Gasteiger partial charge >= 0.3 is 0 Å². The number of halogens is 2. The van der Waals surface area contributed by atoms with E-state index < -0.39 is 0 Å². The Morgan fingerprint density at radius 1 is 1.22 bits per heavy atom. The molecule has 0 atom stereocenters. The summed E-state index contributed by atoms with van der Waals surface area (Å²) in [6.45, 7) is 1.68. The van der Waals surface area contributed by atoms with Crippen LogP contribution < -0.4 is 4.74 Å². The number of benzene rings is 2. The Balaban J connectivity index is 2.35. The van der Waals surface area contributed by atoms with Crippen LogP contribution in [0.2, 0.25) is 0 Å². The lowest BCUT2D eigenvalue weighted by Gasteiger charge is -2.09. The maximum atomic E-state index is 13.4. The molecule has 0 radical (unpaired) electrons. The summed E-state index contributed by atoms with van der Waals surface area (Å²) in [7, 11) is 0. The van der Waals surface area contributed by atoms with Gasteiger partial charge in [-0.05, 0) is 36.8 Å². The zero-order valence-electron chi connectivity index (χ0n) is 9.61. The quantitative estimate of drug-likeness (QED) is 0.780. The van der Waals surface area contributed by atoms with Crippen LogP contribution in [0.3, 0.4) is 0 Å². The zero-order valence-corrected chi connectivity index (χ0v) is 11.2. The minimum Gasteiger partial charge on any atom is -0.456 e. The van der Waals surface area contributed by atoms with Gasteiger partial charge in [-0.1, -0.05) is 22.0 Å². The number of carbonyl (C=O) groups excluding carboxylic acids is 1. The molecular weight excluding hydrogens is 299 g/mol. The van der Waals surface area contributed by atoms with E-state index in [-0.39, 0.29) is 5.82 Å². The smallest absolute Gasteiger partial charge is 0.153 e. The molecule has 0 aliphatic heterocycles. The fraction of sp³-hybridized carbons (Fsp3) is 0.0714. The minimum atomic E-state index is -0.338. The van der Waals surface area contributed by atoms with Crippen LogP contribution in [0.1, 0.15) is 15.9 Å². The highest BCUT2D eigenvalue weighted by Crippen LogP contribution is 2.28. The third-order valence-corrected chi connectivity index (χ3v) is 2.97. The summed E-state index contributed by atoms with van der Waals surface area (Å²) in [5.41, 5.74) is 0.964. The average Bonchev–Trinajstić information content (AvgIpc) is 2.34. The maximum Gasteiger partial charge on any atom is 0.153 e. The molecule has 0 saturated carbocycles. The molecule has 2 rings (SSSR count). The number of carbonyl (C=O) groups is 1. The van der Waals surface area contributed by atoms with Crippen molar-refractivity contribution < 1.29 is 13.9 Å². The molecule has 2 aromatic rings. The van der Waals surface area contributed by atoms with E-state index >= 15 is 0 Å². The molecule has 0 aliphatic rings. The second-order valence-corrected chi connectivity index (χ2v) is 4.73. The third kappa shape index (κ3) is 2.76. The normalized spacial score (nSPS) is 10.2. The van der Waals surface area contributed by atoms with Gasteiger partial charge in [0.25, 0.3) is 0 Å². The highest BCUT2D eigenvalue weighted by atomic mass is 79.9. The first-order valence-electron chi connectivity index (χ1n) is 5.29.